The normalized spacial score (nSPS) is 32.5. The monoisotopic (exact) mass is 184 g/mol. The van der Waals surface area contributed by atoms with Crippen molar-refractivity contribution in [2.45, 2.75) is 24.9 Å². The van der Waals surface area contributed by atoms with Gasteiger partial charge in [-0.25, -0.2) is 4.79 Å². The van der Waals surface area contributed by atoms with Crippen molar-refractivity contribution in [3.8, 4) is 0 Å². The Morgan fingerprint density at radius 2 is 2.15 bits per heavy atom. The van der Waals surface area contributed by atoms with Gasteiger partial charge in [-0.2, -0.15) is 5.06 Å². The van der Waals surface area contributed by atoms with Crippen LogP contribution >= 0.6 is 0 Å². The smallest absolute Gasteiger partial charge is 0.347 e. The molecule has 6 heteroatoms. The number of hydrogen-bond acceptors (Lipinski definition) is 2. The Morgan fingerprint density at radius 1 is 1.46 bits per heavy atom. The van der Waals surface area contributed by atoms with Crippen molar-refractivity contribution >= 4 is 11.9 Å². The first kappa shape index (κ1) is 8.31. The lowest BCUT2D eigenvalue weighted by atomic mass is 10.0. The molecular weight excluding hydrogens is 174 g/mol. The summed E-state index contributed by atoms with van der Waals surface area (Å²) in [5.74, 6) is -0.526. The largest absolute Gasteiger partial charge is 0.368 e. The maximum absolute atomic E-state index is 11.2. The third-order valence-corrected chi connectivity index (χ3v) is 2.65. The molecule has 2 rings (SSSR count). The van der Waals surface area contributed by atoms with E-state index in [0.717, 1.165) is 0 Å². The van der Waals surface area contributed by atoms with E-state index in [2.05, 4.69) is 0 Å². The van der Waals surface area contributed by atoms with Crippen LogP contribution in [0.15, 0.2) is 0 Å². The molecule has 2 atom stereocenters. The third kappa shape index (κ3) is 1.06. The fourth-order valence-electron chi connectivity index (χ4n) is 1.93. The number of carbonyl (C=O) groups excluding carboxylic acids is 2. The Hall–Kier alpha value is -1.30. The van der Waals surface area contributed by atoms with Crippen LogP contribution in [0.3, 0.4) is 0 Å². The van der Waals surface area contributed by atoms with Gasteiger partial charge in [0.05, 0.1) is 6.04 Å². The molecule has 2 bridgehead atoms. The van der Waals surface area contributed by atoms with E-state index in [9.17, 15) is 14.8 Å². The van der Waals surface area contributed by atoms with E-state index in [1.165, 1.54) is 4.90 Å². The highest BCUT2D eigenvalue weighted by Gasteiger charge is 2.46. The van der Waals surface area contributed by atoms with Crippen LogP contribution in [-0.4, -0.2) is 40.5 Å². The van der Waals surface area contributed by atoms with Gasteiger partial charge < -0.3 is 10.6 Å². The molecule has 2 heterocycles. The van der Waals surface area contributed by atoms with Gasteiger partial charge in [-0.3, -0.25) is 4.79 Å². The predicted octanol–water partition coefficient (Wildman–Crippen LogP) is -0.914. The molecule has 2 saturated heterocycles. The first-order chi connectivity index (χ1) is 6.11. The molecule has 13 heavy (non-hydrogen) atoms. The first-order valence-corrected chi connectivity index (χ1v) is 4.17. The van der Waals surface area contributed by atoms with Gasteiger partial charge >= 0.3 is 6.03 Å². The van der Waals surface area contributed by atoms with Crippen LogP contribution < -0.4 is 5.73 Å². The molecule has 6 nitrogen and oxygen atoms in total. The molecule has 0 unspecified atom stereocenters. The van der Waals surface area contributed by atoms with Crippen LogP contribution in [0.4, 0.5) is 4.79 Å². The number of carbonyl (C=O) groups is 2. The number of primary amides is 1. The lowest BCUT2D eigenvalue weighted by molar-refractivity contribution is -0.125. The molecular formula is C7H10N3O3. The van der Waals surface area contributed by atoms with Gasteiger partial charge in [0.25, 0.3) is 0 Å². The van der Waals surface area contributed by atoms with Crippen molar-refractivity contribution in [1.29, 1.82) is 0 Å². The van der Waals surface area contributed by atoms with Crippen LogP contribution in [0.5, 0.6) is 0 Å². The average molecular weight is 184 g/mol. The van der Waals surface area contributed by atoms with Crippen molar-refractivity contribution in [1.82, 2.24) is 9.96 Å². The molecule has 71 valence electrons. The van der Waals surface area contributed by atoms with E-state index < -0.39 is 18.0 Å². The molecule has 3 amide bonds. The Bertz CT molecular complexity index is 268. The summed E-state index contributed by atoms with van der Waals surface area (Å²) in [6.07, 6.45) is 1.07. The van der Waals surface area contributed by atoms with Crippen molar-refractivity contribution in [3.05, 3.63) is 0 Å². The van der Waals surface area contributed by atoms with E-state index in [-0.39, 0.29) is 6.04 Å². The zero-order valence-electron chi connectivity index (χ0n) is 6.97. The van der Waals surface area contributed by atoms with Crippen molar-refractivity contribution in [2.24, 2.45) is 5.73 Å². The highest BCUT2D eigenvalue weighted by Crippen LogP contribution is 2.28. The Labute approximate surface area is 74.8 Å². The summed E-state index contributed by atoms with van der Waals surface area (Å²) in [5, 5.41) is 11.6. The molecule has 0 aromatic rings. The van der Waals surface area contributed by atoms with Gasteiger partial charge in [0.2, 0.25) is 5.91 Å². The minimum atomic E-state index is -0.619. The zero-order valence-corrected chi connectivity index (χ0v) is 6.97. The van der Waals surface area contributed by atoms with Crippen LogP contribution in [0, 0.1) is 0 Å². The average Bonchev–Trinajstić information content (AvgIpc) is 2.32. The van der Waals surface area contributed by atoms with E-state index in [1.54, 1.807) is 0 Å². The van der Waals surface area contributed by atoms with Crippen LogP contribution in [0.2, 0.25) is 0 Å². The number of piperidine rings is 1. The highest BCUT2D eigenvalue weighted by atomic mass is 16.5. The summed E-state index contributed by atoms with van der Waals surface area (Å²) in [7, 11) is 0. The molecule has 2 fully saturated rings. The topological polar surface area (TPSA) is 86.5 Å². The molecule has 0 aliphatic carbocycles. The van der Waals surface area contributed by atoms with E-state index in [1.807, 2.05) is 0 Å². The number of hydroxylamine groups is 2. The second-order valence-electron chi connectivity index (χ2n) is 3.41. The molecule has 2 N–H and O–H groups in total. The maximum Gasteiger partial charge on any atom is 0.347 e. The van der Waals surface area contributed by atoms with Gasteiger partial charge in [0, 0.05) is 6.54 Å². The zero-order chi connectivity index (χ0) is 9.59. The molecule has 0 aromatic heterocycles. The van der Waals surface area contributed by atoms with E-state index in [0.29, 0.717) is 24.4 Å². The SMILES string of the molecule is NC(=O)[C@@H]1CC[C@@H]2CN1C(=O)N2[O]. The van der Waals surface area contributed by atoms with Gasteiger partial charge in [-0.15, -0.1) is 0 Å². The summed E-state index contributed by atoms with van der Waals surface area (Å²) < 4.78 is 0. The number of hydrogen-bond donors (Lipinski definition) is 1. The maximum atomic E-state index is 11.2. The minimum absolute atomic E-state index is 0.275. The van der Waals surface area contributed by atoms with Crippen molar-refractivity contribution in [2.75, 3.05) is 6.54 Å². The summed E-state index contributed by atoms with van der Waals surface area (Å²) >= 11 is 0. The van der Waals surface area contributed by atoms with Crippen molar-refractivity contribution < 1.29 is 14.8 Å². The number of fused-ring (bicyclic) bond motifs is 2. The molecule has 0 spiro atoms. The van der Waals surface area contributed by atoms with Gasteiger partial charge in [-0.05, 0) is 12.8 Å². The summed E-state index contributed by atoms with van der Waals surface area (Å²) in [6.45, 7) is 0.343. The lowest BCUT2D eigenvalue weighted by Gasteiger charge is -2.27. The Balaban J connectivity index is 2.22. The Morgan fingerprint density at radius 3 is 2.77 bits per heavy atom. The Kier molecular flexibility index (Phi) is 1.66. The number of amides is 3. The number of nitrogens with two attached hydrogens (primary N) is 1. The molecule has 1 radical (unpaired) electrons. The quantitative estimate of drug-likeness (QED) is 0.571. The minimum Gasteiger partial charge on any atom is -0.368 e. The second-order valence-corrected chi connectivity index (χ2v) is 3.41. The molecule has 0 saturated carbocycles. The third-order valence-electron chi connectivity index (χ3n) is 2.65. The van der Waals surface area contributed by atoms with Crippen LogP contribution in [-0.2, 0) is 10.0 Å². The first-order valence-electron chi connectivity index (χ1n) is 4.17. The number of nitrogens with zero attached hydrogens (tertiary/aromatic N) is 2. The fraction of sp³-hybridized carbons (Fsp3) is 0.714. The standard InChI is InChI=1S/C7H10N3O3/c8-6(11)5-2-1-4-3-9(5)7(12)10(4)13/h4-5H,1-3H2,(H2,8,11)/t4-,5+/m1/s1. The summed E-state index contributed by atoms with van der Waals surface area (Å²) in [6, 6.07) is -1.47. The highest BCUT2D eigenvalue weighted by molar-refractivity contribution is 5.87. The predicted molar refractivity (Wildman–Crippen MR) is 40.6 cm³/mol. The molecule has 2 aliphatic heterocycles. The second kappa shape index (κ2) is 2.59. The number of urea groups is 1. The fourth-order valence-corrected chi connectivity index (χ4v) is 1.93. The summed E-state index contributed by atoms with van der Waals surface area (Å²) in [5.41, 5.74) is 5.11. The van der Waals surface area contributed by atoms with E-state index in [4.69, 9.17) is 5.73 Å². The van der Waals surface area contributed by atoms with Gasteiger partial charge in [0.15, 0.2) is 0 Å². The van der Waals surface area contributed by atoms with Crippen molar-refractivity contribution in [3.63, 3.8) is 0 Å². The van der Waals surface area contributed by atoms with E-state index >= 15 is 0 Å². The van der Waals surface area contributed by atoms with Crippen LogP contribution in [0.1, 0.15) is 12.8 Å². The lowest BCUT2D eigenvalue weighted by Crippen LogP contribution is -2.47. The summed E-state index contributed by atoms with van der Waals surface area (Å²) in [4.78, 5) is 23.4. The van der Waals surface area contributed by atoms with Gasteiger partial charge in [-0.1, -0.05) is 5.21 Å². The van der Waals surface area contributed by atoms with Gasteiger partial charge in [0.1, 0.15) is 6.04 Å². The number of rotatable bonds is 1. The van der Waals surface area contributed by atoms with Crippen LogP contribution in [0.25, 0.3) is 0 Å². The molecule has 2 aliphatic rings. The molecule has 0 aromatic carbocycles.